The zero-order valence-corrected chi connectivity index (χ0v) is 20.1. The first-order valence-electron chi connectivity index (χ1n) is 11.6. The number of carbonyl (C=O) groups excluding carboxylic acids is 2. The summed E-state index contributed by atoms with van der Waals surface area (Å²) in [7, 11) is 1.68. The van der Waals surface area contributed by atoms with E-state index in [1.165, 1.54) is 0 Å². The molecular weight excluding hydrogens is 422 g/mol. The number of Topliss-reactive ketones (excluding diaryl/α,β-unsaturated/α-hetero) is 1. The third-order valence-electron chi connectivity index (χ3n) is 6.36. The number of fused-ring (bicyclic) bond motifs is 5. The number of ketones is 1. The van der Waals surface area contributed by atoms with Gasteiger partial charge in [-0.05, 0) is 18.4 Å². The molecule has 0 amide bonds. The van der Waals surface area contributed by atoms with Crippen LogP contribution >= 0.6 is 0 Å². The number of ether oxygens (including phenoxy) is 3. The highest BCUT2D eigenvalue weighted by molar-refractivity contribution is 6.18. The molecule has 1 unspecified atom stereocenters. The third-order valence-corrected chi connectivity index (χ3v) is 6.36. The number of esters is 1. The van der Waals surface area contributed by atoms with Crippen molar-refractivity contribution < 1.29 is 23.8 Å². The van der Waals surface area contributed by atoms with Crippen LogP contribution in [0.3, 0.4) is 0 Å². The minimum atomic E-state index is -0.552. The van der Waals surface area contributed by atoms with Crippen molar-refractivity contribution in [2.45, 2.75) is 59.2 Å². The molecule has 33 heavy (non-hydrogen) atoms. The van der Waals surface area contributed by atoms with E-state index >= 15 is 0 Å². The van der Waals surface area contributed by atoms with Crippen LogP contribution in [0.4, 0.5) is 0 Å². The van der Waals surface area contributed by atoms with Crippen molar-refractivity contribution in [2.24, 2.45) is 5.41 Å². The molecule has 8 nitrogen and oxygen atoms in total. The Labute approximate surface area is 194 Å². The van der Waals surface area contributed by atoms with Crippen LogP contribution in [0.25, 0.3) is 10.9 Å². The zero-order valence-electron chi connectivity index (χ0n) is 20.1. The van der Waals surface area contributed by atoms with Gasteiger partial charge in [-0.15, -0.1) is 0 Å². The lowest BCUT2D eigenvalue weighted by atomic mass is 9.81. The number of hydrogen-bond acceptors (Lipinski definition) is 7. The monoisotopic (exact) mass is 455 g/mol. The molecule has 4 rings (SSSR count). The van der Waals surface area contributed by atoms with E-state index in [-0.39, 0.29) is 41.9 Å². The second-order valence-corrected chi connectivity index (χ2v) is 9.65. The summed E-state index contributed by atoms with van der Waals surface area (Å²) < 4.78 is 18.3. The molecule has 0 saturated heterocycles. The van der Waals surface area contributed by atoms with E-state index in [4.69, 9.17) is 19.3 Å². The zero-order chi connectivity index (χ0) is 23.8. The fraction of sp³-hybridized carbons (Fsp3) is 0.560. The predicted molar refractivity (Wildman–Crippen MR) is 124 cm³/mol. The van der Waals surface area contributed by atoms with Gasteiger partial charge in [0, 0.05) is 38.1 Å². The Morgan fingerprint density at radius 1 is 1.24 bits per heavy atom. The van der Waals surface area contributed by atoms with E-state index in [0.717, 1.165) is 28.8 Å². The first-order chi connectivity index (χ1) is 15.8. The maximum absolute atomic E-state index is 13.0. The topological polar surface area (TPSA) is 82.9 Å². The van der Waals surface area contributed by atoms with E-state index in [1.807, 2.05) is 22.9 Å². The maximum atomic E-state index is 13.0. The van der Waals surface area contributed by atoms with Crippen molar-refractivity contribution in [1.29, 1.82) is 0 Å². The van der Waals surface area contributed by atoms with Gasteiger partial charge < -0.3 is 19.1 Å². The van der Waals surface area contributed by atoms with E-state index < -0.39 is 5.97 Å². The number of nitrogens with zero attached hydrogens (tertiary/aromatic N) is 3. The molecule has 178 valence electrons. The quantitative estimate of drug-likeness (QED) is 0.358. The highest BCUT2D eigenvalue weighted by Crippen LogP contribution is 2.45. The Morgan fingerprint density at radius 2 is 2.03 bits per heavy atom. The molecule has 2 aliphatic heterocycles. The molecule has 1 aromatic heterocycles. The first kappa shape index (κ1) is 23.3. The molecule has 0 fully saturated rings. The average molecular weight is 456 g/mol. The summed E-state index contributed by atoms with van der Waals surface area (Å²) in [5.41, 5.74) is 1.80. The average Bonchev–Trinajstić information content (AvgIpc) is 3.15. The van der Waals surface area contributed by atoms with Gasteiger partial charge in [-0.2, -0.15) is 5.10 Å². The highest BCUT2D eigenvalue weighted by Gasteiger charge is 2.45. The Morgan fingerprint density at radius 3 is 2.73 bits per heavy atom. The van der Waals surface area contributed by atoms with Crippen molar-refractivity contribution in [3.8, 4) is 5.75 Å². The molecule has 0 spiro atoms. The van der Waals surface area contributed by atoms with Gasteiger partial charge in [0.15, 0.2) is 5.78 Å². The van der Waals surface area contributed by atoms with E-state index in [1.54, 1.807) is 20.2 Å². The molecule has 2 atom stereocenters. The lowest BCUT2D eigenvalue weighted by Crippen LogP contribution is -2.52. The number of methoxy groups -OCH3 is 1. The summed E-state index contributed by atoms with van der Waals surface area (Å²) >= 11 is 0. The second-order valence-electron chi connectivity index (χ2n) is 9.65. The molecule has 0 radical (unpaired) electrons. The molecule has 0 bridgehead atoms. The van der Waals surface area contributed by atoms with Crippen molar-refractivity contribution in [2.75, 3.05) is 26.9 Å². The molecule has 2 aromatic rings. The predicted octanol–water partition coefficient (Wildman–Crippen LogP) is 3.64. The molecular formula is C25H33N3O5. The first-order valence-corrected chi connectivity index (χ1v) is 11.6. The van der Waals surface area contributed by atoms with Crippen LogP contribution in [-0.2, 0) is 25.6 Å². The van der Waals surface area contributed by atoms with Crippen LogP contribution in [0.1, 0.15) is 52.3 Å². The summed E-state index contributed by atoms with van der Waals surface area (Å²) in [6.45, 7) is 10.3. The summed E-state index contributed by atoms with van der Waals surface area (Å²) in [6, 6.07) is 5.76. The molecule has 8 heteroatoms. The number of hydrogen-bond donors (Lipinski definition) is 0. The molecule has 0 saturated carbocycles. The van der Waals surface area contributed by atoms with Crippen LogP contribution in [0, 0.1) is 5.41 Å². The summed E-state index contributed by atoms with van der Waals surface area (Å²) in [5.74, 6) is -0.0179. The third kappa shape index (κ3) is 4.36. The standard InChI is InChI=1S/C25H33N3O5/c1-6-32-24(30)17-14-27-18(13-19(17)29)23-16-9-7-10-20(33-12-8-11-31-5)22(16)26-28(23)15-21(27)25(2,3)4/h7,9-10,14,18,21H,6,8,11-13,15H2,1-5H3/t18?,21-/m0/s1. The second kappa shape index (κ2) is 9.17. The van der Waals surface area contributed by atoms with E-state index in [2.05, 4.69) is 25.7 Å². The Bertz CT molecular complexity index is 1080. The van der Waals surface area contributed by atoms with Gasteiger partial charge in [0.2, 0.25) is 0 Å². The van der Waals surface area contributed by atoms with Crippen molar-refractivity contribution in [1.82, 2.24) is 14.7 Å². The normalized spacial score (nSPS) is 20.3. The van der Waals surface area contributed by atoms with Crippen LogP contribution in [0.2, 0.25) is 0 Å². The Kier molecular flexibility index (Phi) is 6.47. The van der Waals surface area contributed by atoms with Gasteiger partial charge >= 0.3 is 5.97 Å². The number of carbonyl (C=O) groups is 2. The minimum Gasteiger partial charge on any atom is -0.491 e. The van der Waals surface area contributed by atoms with Crippen molar-refractivity contribution in [3.63, 3.8) is 0 Å². The Hall–Kier alpha value is -2.87. The molecule has 2 aliphatic rings. The fourth-order valence-corrected chi connectivity index (χ4v) is 4.74. The van der Waals surface area contributed by atoms with E-state index in [9.17, 15) is 9.59 Å². The lowest BCUT2D eigenvalue weighted by Gasteiger charge is -2.49. The van der Waals surface area contributed by atoms with Crippen molar-refractivity contribution in [3.05, 3.63) is 35.7 Å². The summed E-state index contributed by atoms with van der Waals surface area (Å²) in [4.78, 5) is 27.6. The number of benzene rings is 1. The number of aromatic nitrogens is 2. The van der Waals surface area contributed by atoms with Gasteiger partial charge in [-0.25, -0.2) is 4.79 Å². The van der Waals surface area contributed by atoms with Gasteiger partial charge in [0.1, 0.15) is 16.8 Å². The maximum Gasteiger partial charge on any atom is 0.343 e. The summed E-state index contributed by atoms with van der Waals surface area (Å²) in [6.07, 6.45) is 2.72. The van der Waals surface area contributed by atoms with Crippen LogP contribution in [0.15, 0.2) is 30.0 Å². The highest BCUT2D eigenvalue weighted by atomic mass is 16.5. The minimum absolute atomic E-state index is 0.0490. The van der Waals surface area contributed by atoms with Gasteiger partial charge in [0.05, 0.1) is 37.5 Å². The Balaban J connectivity index is 1.78. The SMILES string of the molecule is CCOC(=O)C1=CN2C(CC1=O)c1c3cccc(OCCCOC)c3nn1C[C@H]2C(C)(C)C. The molecule has 3 heterocycles. The fourth-order valence-electron chi connectivity index (χ4n) is 4.74. The molecule has 1 aromatic carbocycles. The summed E-state index contributed by atoms with van der Waals surface area (Å²) in [5, 5.41) is 5.90. The van der Waals surface area contributed by atoms with Gasteiger partial charge in [-0.3, -0.25) is 9.48 Å². The van der Waals surface area contributed by atoms with E-state index in [0.29, 0.717) is 19.8 Å². The largest absolute Gasteiger partial charge is 0.491 e. The van der Waals surface area contributed by atoms with Gasteiger partial charge in [-0.1, -0.05) is 32.9 Å². The van der Waals surface area contributed by atoms with Crippen LogP contribution < -0.4 is 4.74 Å². The van der Waals surface area contributed by atoms with Crippen molar-refractivity contribution >= 4 is 22.7 Å². The smallest absolute Gasteiger partial charge is 0.343 e. The molecule has 0 aliphatic carbocycles. The molecule has 0 N–H and O–H groups in total. The number of rotatable bonds is 7. The lowest BCUT2D eigenvalue weighted by molar-refractivity contribution is -0.141. The van der Waals surface area contributed by atoms with Crippen LogP contribution in [-0.4, -0.2) is 59.4 Å². The van der Waals surface area contributed by atoms with Gasteiger partial charge in [0.25, 0.3) is 0 Å². The van der Waals surface area contributed by atoms with Crippen LogP contribution in [0.5, 0.6) is 5.75 Å².